The summed E-state index contributed by atoms with van der Waals surface area (Å²) in [5, 5.41) is 0. The minimum atomic E-state index is -0.461. The largest absolute Gasteiger partial charge is 0.445 e. The second-order valence-corrected chi connectivity index (χ2v) is 5.29. The van der Waals surface area contributed by atoms with E-state index in [1.807, 2.05) is 30.3 Å². The minimum absolute atomic E-state index is 0.0319. The molecule has 0 aliphatic carbocycles. The lowest BCUT2D eigenvalue weighted by Crippen LogP contribution is -2.47. The zero-order valence-electron chi connectivity index (χ0n) is 12.1. The van der Waals surface area contributed by atoms with Gasteiger partial charge in [0.05, 0.1) is 0 Å². The molecular weight excluding hydrogens is 270 g/mol. The Bertz CT molecular complexity index is 524. The van der Waals surface area contributed by atoms with Crippen molar-refractivity contribution in [3.05, 3.63) is 35.9 Å². The molecule has 1 saturated heterocycles. The van der Waals surface area contributed by atoms with E-state index in [0.29, 0.717) is 13.0 Å². The Kier molecular flexibility index (Phi) is 5.09. The SMILES string of the molecule is CC(=O)CC1CC(=O)CCN1C(=O)OCc1ccccc1. The zero-order valence-corrected chi connectivity index (χ0v) is 12.1. The Morgan fingerprint density at radius 1 is 1.29 bits per heavy atom. The summed E-state index contributed by atoms with van der Waals surface area (Å²) < 4.78 is 5.28. The molecule has 1 aliphatic rings. The highest BCUT2D eigenvalue weighted by Gasteiger charge is 2.32. The average molecular weight is 289 g/mol. The van der Waals surface area contributed by atoms with Crippen molar-refractivity contribution in [1.82, 2.24) is 4.90 Å². The smallest absolute Gasteiger partial charge is 0.410 e. The standard InChI is InChI=1S/C16H19NO4/c1-12(18)9-14-10-15(19)7-8-17(14)16(20)21-11-13-5-3-2-4-6-13/h2-6,14H,7-11H2,1H3. The van der Waals surface area contributed by atoms with Gasteiger partial charge >= 0.3 is 6.09 Å². The maximum Gasteiger partial charge on any atom is 0.410 e. The van der Waals surface area contributed by atoms with E-state index in [1.54, 1.807) is 0 Å². The molecule has 21 heavy (non-hydrogen) atoms. The summed E-state index contributed by atoms with van der Waals surface area (Å²) in [5.41, 5.74) is 0.905. The van der Waals surface area contributed by atoms with E-state index in [9.17, 15) is 14.4 Å². The molecule has 1 amide bonds. The third-order valence-corrected chi connectivity index (χ3v) is 3.50. The van der Waals surface area contributed by atoms with Gasteiger partial charge in [-0.2, -0.15) is 0 Å². The van der Waals surface area contributed by atoms with E-state index in [0.717, 1.165) is 5.56 Å². The van der Waals surface area contributed by atoms with Gasteiger partial charge in [-0.15, -0.1) is 0 Å². The highest BCUT2D eigenvalue weighted by Crippen LogP contribution is 2.19. The Balaban J connectivity index is 1.95. The second kappa shape index (κ2) is 7.02. The van der Waals surface area contributed by atoms with Gasteiger partial charge in [0.25, 0.3) is 0 Å². The fourth-order valence-electron chi connectivity index (χ4n) is 2.46. The first-order valence-corrected chi connectivity index (χ1v) is 7.04. The van der Waals surface area contributed by atoms with Crippen LogP contribution in [0, 0.1) is 0 Å². The van der Waals surface area contributed by atoms with E-state index in [-0.39, 0.29) is 37.1 Å². The number of carbonyl (C=O) groups excluding carboxylic acids is 3. The number of Topliss-reactive ketones (excluding diaryl/α,β-unsaturated/α-hetero) is 2. The first-order valence-electron chi connectivity index (χ1n) is 7.04. The van der Waals surface area contributed by atoms with Gasteiger partial charge in [-0.05, 0) is 12.5 Å². The number of ketones is 2. The van der Waals surface area contributed by atoms with Crippen LogP contribution in [-0.2, 0) is 20.9 Å². The topological polar surface area (TPSA) is 63.7 Å². The molecule has 1 aromatic carbocycles. The van der Waals surface area contributed by atoms with Crippen molar-refractivity contribution >= 4 is 17.7 Å². The maximum absolute atomic E-state index is 12.2. The lowest BCUT2D eigenvalue weighted by molar-refractivity contribution is -0.124. The average Bonchev–Trinajstić information content (AvgIpc) is 2.45. The molecule has 1 heterocycles. The molecule has 5 nitrogen and oxygen atoms in total. The van der Waals surface area contributed by atoms with Crippen molar-refractivity contribution in [3.63, 3.8) is 0 Å². The van der Waals surface area contributed by atoms with E-state index >= 15 is 0 Å². The van der Waals surface area contributed by atoms with Crippen molar-refractivity contribution in [1.29, 1.82) is 0 Å². The van der Waals surface area contributed by atoms with Crippen LogP contribution in [0.15, 0.2) is 30.3 Å². The highest BCUT2D eigenvalue weighted by atomic mass is 16.6. The third kappa shape index (κ3) is 4.41. The van der Waals surface area contributed by atoms with E-state index < -0.39 is 6.09 Å². The number of hydrogen-bond donors (Lipinski definition) is 0. The zero-order chi connectivity index (χ0) is 15.2. The van der Waals surface area contributed by atoms with Crippen LogP contribution in [0.25, 0.3) is 0 Å². The predicted octanol–water partition coefficient (Wildman–Crippen LogP) is 2.34. The maximum atomic E-state index is 12.2. The number of piperidine rings is 1. The Hall–Kier alpha value is -2.17. The van der Waals surface area contributed by atoms with Crippen LogP contribution in [0.1, 0.15) is 31.7 Å². The van der Waals surface area contributed by atoms with Crippen molar-refractivity contribution in [2.75, 3.05) is 6.54 Å². The van der Waals surface area contributed by atoms with Gasteiger partial charge in [0.2, 0.25) is 0 Å². The number of nitrogens with zero attached hydrogens (tertiary/aromatic N) is 1. The normalized spacial score (nSPS) is 18.4. The van der Waals surface area contributed by atoms with Gasteiger partial charge in [0, 0.05) is 31.8 Å². The minimum Gasteiger partial charge on any atom is -0.445 e. The molecule has 1 atom stereocenters. The molecular formula is C16H19NO4. The number of ether oxygens (including phenoxy) is 1. The van der Waals surface area contributed by atoms with Crippen molar-refractivity contribution < 1.29 is 19.1 Å². The summed E-state index contributed by atoms with van der Waals surface area (Å²) in [6.45, 7) is 1.98. The third-order valence-electron chi connectivity index (χ3n) is 3.50. The fourth-order valence-corrected chi connectivity index (χ4v) is 2.46. The Morgan fingerprint density at radius 2 is 2.00 bits per heavy atom. The number of benzene rings is 1. The van der Waals surface area contributed by atoms with Gasteiger partial charge in [0.15, 0.2) is 0 Å². The molecule has 1 unspecified atom stereocenters. The van der Waals surface area contributed by atoms with Crippen LogP contribution in [-0.4, -0.2) is 35.1 Å². The number of carbonyl (C=O) groups is 3. The highest BCUT2D eigenvalue weighted by molar-refractivity contribution is 5.84. The van der Waals surface area contributed by atoms with Crippen LogP contribution >= 0.6 is 0 Å². The predicted molar refractivity (Wildman–Crippen MR) is 76.7 cm³/mol. The van der Waals surface area contributed by atoms with Gasteiger partial charge in [-0.3, -0.25) is 9.59 Å². The molecule has 0 N–H and O–H groups in total. The van der Waals surface area contributed by atoms with E-state index in [2.05, 4.69) is 0 Å². The molecule has 0 aromatic heterocycles. The number of rotatable bonds is 4. The summed E-state index contributed by atoms with van der Waals surface area (Å²) in [6.07, 6.45) is 0.304. The summed E-state index contributed by atoms with van der Waals surface area (Å²) in [4.78, 5) is 36.4. The van der Waals surface area contributed by atoms with Crippen LogP contribution in [0.3, 0.4) is 0 Å². The molecule has 1 fully saturated rings. The molecule has 0 radical (unpaired) electrons. The molecule has 1 aliphatic heterocycles. The first-order chi connectivity index (χ1) is 10.1. The summed E-state index contributed by atoms with van der Waals surface area (Å²) in [7, 11) is 0. The lowest BCUT2D eigenvalue weighted by atomic mass is 9.97. The molecule has 2 rings (SSSR count). The van der Waals surface area contributed by atoms with Crippen LogP contribution < -0.4 is 0 Å². The lowest BCUT2D eigenvalue weighted by Gasteiger charge is -2.33. The van der Waals surface area contributed by atoms with Gasteiger partial charge < -0.3 is 9.64 Å². The fraction of sp³-hybridized carbons (Fsp3) is 0.438. The number of amides is 1. The molecule has 0 bridgehead atoms. The van der Waals surface area contributed by atoms with Gasteiger partial charge in [-0.1, -0.05) is 30.3 Å². The summed E-state index contributed by atoms with van der Waals surface area (Å²) in [5.74, 6) is 0.0592. The number of likely N-dealkylation sites (tertiary alicyclic amines) is 1. The van der Waals surface area contributed by atoms with E-state index in [4.69, 9.17) is 4.74 Å². The Morgan fingerprint density at radius 3 is 2.67 bits per heavy atom. The van der Waals surface area contributed by atoms with Crippen molar-refractivity contribution in [2.24, 2.45) is 0 Å². The monoisotopic (exact) mass is 289 g/mol. The number of hydrogen-bond acceptors (Lipinski definition) is 4. The molecule has 1 aromatic rings. The molecule has 112 valence electrons. The Labute approximate surface area is 123 Å². The van der Waals surface area contributed by atoms with Crippen molar-refractivity contribution in [2.45, 2.75) is 38.8 Å². The molecule has 5 heteroatoms. The first kappa shape index (κ1) is 15.2. The van der Waals surface area contributed by atoms with Crippen LogP contribution in [0.5, 0.6) is 0 Å². The van der Waals surface area contributed by atoms with E-state index in [1.165, 1.54) is 11.8 Å². The summed E-state index contributed by atoms with van der Waals surface area (Å²) in [6, 6.07) is 9.03. The second-order valence-electron chi connectivity index (χ2n) is 5.29. The van der Waals surface area contributed by atoms with Gasteiger partial charge in [-0.25, -0.2) is 4.79 Å². The van der Waals surface area contributed by atoms with Crippen LogP contribution in [0.2, 0.25) is 0 Å². The van der Waals surface area contributed by atoms with Crippen LogP contribution in [0.4, 0.5) is 4.79 Å². The van der Waals surface area contributed by atoms with Crippen molar-refractivity contribution in [3.8, 4) is 0 Å². The molecule has 0 spiro atoms. The summed E-state index contributed by atoms with van der Waals surface area (Å²) >= 11 is 0. The van der Waals surface area contributed by atoms with Gasteiger partial charge in [0.1, 0.15) is 18.2 Å². The molecule has 0 saturated carbocycles. The quantitative estimate of drug-likeness (QED) is 0.853.